The molecular formula is C14H14ClN3O2. The van der Waals surface area contributed by atoms with Crippen LogP contribution in [0, 0.1) is 0 Å². The minimum atomic E-state index is -0.346. The van der Waals surface area contributed by atoms with Gasteiger partial charge in [0.15, 0.2) is 10.8 Å². The van der Waals surface area contributed by atoms with E-state index in [1.54, 1.807) is 12.1 Å². The molecule has 0 atom stereocenters. The predicted octanol–water partition coefficient (Wildman–Crippen LogP) is 3.17. The lowest BCUT2D eigenvalue weighted by Gasteiger charge is -2.08. The molecule has 0 saturated heterocycles. The van der Waals surface area contributed by atoms with Crippen LogP contribution in [0.4, 0.5) is 5.69 Å². The van der Waals surface area contributed by atoms with Crippen molar-refractivity contribution in [2.75, 3.05) is 11.9 Å². The third kappa shape index (κ3) is 3.93. The zero-order valence-corrected chi connectivity index (χ0v) is 11.7. The Labute approximate surface area is 121 Å². The maximum atomic E-state index is 12.0. The quantitative estimate of drug-likeness (QED) is 0.919. The number of carbonyl (C=O) groups excluding carboxylic acids is 1. The molecule has 2 aromatic rings. The van der Waals surface area contributed by atoms with Crippen LogP contribution in [0.2, 0.25) is 5.15 Å². The Morgan fingerprint density at radius 3 is 2.85 bits per heavy atom. The summed E-state index contributed by atoms with van der Waals surface area (Å²) in [5, 5.41) is 10.3. The number of nitrogens with zero attached hydrogens (tertiary/aromatic N) is 2. The van der Waals surface area contributed by atoms with Crippen LogP contribution in [0.3, 0.4) is 0 Å². The maximum absolute atomic E-state index is 12.0. The average Bonchev–Trinajstić information content (AvgIpc) is 2.46. The second-order valence-electron chi connectivity index (χ2n) is 4.07. The van der Waals surface area contributed by atoms with Crippen LogP contribution >= 0.6 is 11.6 Å². The molecule has 1 aromatic heterocycles. The van der Waals surface area contributed by atoms with Crippen molar-refractivity contribution < 1.29 is 9.53 Å². The molecule has 0 bridgehead atoms. The first kappa shape index (κ1) is 14.3. The lowest BCUT2D eigenvalue weighted by atomic mass is 10.3. The molecule has 1 amide bonds. The van der Waals surface area contributed by atoms with Crippen molar-refractivity contribution in [1.29, 1.82) is 0 Å². The molecular weight excluding hydrogens is 278 g/mol. The molecule has 0 aliphatic heterocycles. The number of anilines is 1. The van der Waals surface area contributed by atoms with E-state index in [1.807, 2.05) is 19.1 Å². The summed E-state index contributed by atoms with van der Waals surface area (Å²) in [6.45, 7) is 2.67. The molecule has 0 fully saturated rings. The first-order valence-electron chi connectivity index (χ1n) is 6.22. The number of ether oxygens (including phenoxy) is 1. The number of halogens is 1. The van der Waals surface area contributed by atoms with Gasteiger partial charge in [-0.1, -0.05) is 24.6 Å². The number of hydrogen-bond donors (Lipinski definition) is 1. The fraction of sp³-hybridized carbons (Fsp3) is 0.214. The predicted molar refractivity (Wildman–Crippen MR) is 77.2 cm³/mol. The molecule has 1 aromatic carbocycles. The number of rotatable bonds is 5. The number of aromatic nitrogens is 2. The number of carbonyl (C=O) groups is 1. The molecule has 0 radical (unpaired) electrons. The van der Waals surface area contributed by atoms with Crippen LogP contribution in [-0.2, 0) is 0 Å². The standard InChI is InChI=1S/C14H14ClN3O2/c1-2-8-20-11-5-3-4-10(9-11)16-14(19)12-6-7-13(15)18-17-12/h3-7,9H,2,8H2,1H3,(H,16,19). The molecule has 6 heteroatoms. The Balaban J connectivity index is 2.05. The van der Waals surface area contributed by atoms with Gasteiger partial charge in [0.2, 0.25) is 0 Å². The lowest BCUT2D eigenvalue weighted by Crippen LogP contribution is -2.14. The van der Waals surface area contributed by atoms with Crippen molar-refractivity contribution in [2.45, 2.75) is 13.3 Å². The van der Waals surface area contributed by atoms with Crippen LogP contribution in [-0.4, -0.2) is 22.7 Å². The molecule has 2 rings (SSSR count). The van der Waals surface area contributed by atoms with Gasteiger partial charge in [-0.05, 0) is 30.7 Å². The van der Waals surface area contributed by atoms with Crippen molar-refractivity contribution in [1.82, 2.24) is 10.2 Å². The summed E-state index contributed by atoms with van der Waals surface area (Å²) in [5.41, 5.74) is 0.842. The molecule has 104 valence electrons. The topological polar surface area (TPSA) is 64.1 Å². The van der Waals surface area contributed by atoms with E-state index in [2.05, 4.69) is 15.5 Å². The summed E-state index contributed by atoms with van der Waals surface area (Å²) in [4.78, 5) is 12.0. The average molecular weight is 292 g/mol. The normalized spacial score (nSPS) is 10.1. The summed E-state index contributed by atoms with van der Waals surface area (Å²) in [6.07, 6.45) is 0.928. The molecule has 1 heterocycles. The fourth-order valence-corrected chi connectivity index (χ4v) is 1.62. The van der Waals surface area contributed by atoms with E-state index in [4.69, 9.17) is 16.3 Å². The molecule has 0 aliphatic rings. The molecule has 1 N–H and O–H groups in total. The summed E-state index contributed by atoms with van der Waals surface area (Å²) in [6, 6.07) is 10.2. The van der Waals surface area contributed by atoms with E-state index < -0.39 is 0 Å². The van der Waals surface area contributed by atoms with Crippen molar-refractivity contribution in [3.05, 3.63) is 47.2 Å². The summed E-state index contributed by atoms with van der Waals surface area (Å²) >= 11 is 5.62. The van der Waals surface area contributed by atoms with Crippen LogP contribution in [0.1, 0.15) is 23.8 Å². The Morgan fingerprint density at radius 2 is 2.15 bits per heavy atom. The molecule has 0 unspecified atom stereocenters. The minimum absolute atomic E-state index is 0.203. The van der Waals surface area contributed by atoms with Crippen molar-refractivity contribution >= 4 is 23.2 Å². The number of nitrogens with one attached hydrogen (secondary N) is 1. The highest BCUT2D eigenvalue weighted by Crippen LogP contribution is 2.18. The van der Waals surface area contributed by atoms with E-state index in [9.17, 15) is 4.79 Å². The smallest absolute Gasteiger partial charge is 0.276 e. The first-order valence-corrected chi connectivity index (χ1v) is 6.60. The summed E-state index contributed by atoms with van der Waals surface area (Å²) < 4.78 is 5.50. The Hall–Kier alpha value is -2.14. The Morgan fingerprint density at radius 1 is 1.30 bits per heavy atom. The number of amides is 1. The highest BCUT2D eigenvalue weighted by atomic mass is 35.5. The van der Waals surface area contributed by atoms with Gasteiger partial charge in [-0.25, -0.2) is 0 Å². The van der Waals surface area contributed by atoms with E-state index in [0.29, 0.717) is 18.0 Å². The van der Waals surface area contributed by atoms with Gasteiger partial charge >= 0.3 is 0 Å². The Bertz CT molecular complexity index is 587. The van der Waals surface area contributed by atoms with Crippen molar-refractivity contribution in [2.24, 2.45) is 0 Å². The molecule has 0 aliphatic carbocycles. The van der Waals surface area contributed by atoms with E-state index in [1.165, 1.54) is 12.1 Å². The van der Waals surface area contributed by atoms with Gasteiger partial charge in [-0.3, -0.25) is 4.79 Å². The lowest BCUT2D eigenvalue weighted by molar-refractivity contribution is 0.102. The van der Waals surface area contributed by atoms with Crippen LogP contribution in [0.25, 0.3) is 0 Å². The summed E-state index contributed by atoms with van der Waals surface area (Å²) in [7, 11) is 0. The molecule has 0 spiro atoms. The molecule has 0 saturated carbocycles. The molecule has 20 heavy (non-hydrogen) atoms. The van der Waals surface area contributed by atoms with E-state index in [-0.39, 0.29) is 16.8 Å². The van der Waals surface area contributed by atoms with Crippen molar-refractivity contribution in [3.8, 4) is 5.75 Å². The third-order valence-electron chi connectivity index (χ3n) is 2.43. The SMILES string of the molecule is CCCOc1cccc(NC(=O)c2ccc(Cl)nn2)c1. The highest BCUT2D eigenvalue weighted by molar-refractivity contribution is 6.29. The fourth-order valence-electron chi connectivity index (χ4n) is 1.52. The van der Waals surface area contributed by atoms with Gasteiger partial charge in [0.05, 0.1) is 6.61 Å². The maximum Gasteiger partial charge on any atom is 0.276 e. The second kappa shape index (κ2) is 6.86. The molecule has 5 nitrogen and oxygen atoms in total. The van der Waals surface area contributed by atoms with Gasteiger partial charge < -0.3 is 10.1 Å². The van der Waals surface area contributed by atoms with Gasteiger partial charge in [0.1, 0.15) is 5.75 Å². The van der Waals surface area contributed by atoms with E-state index in [0.717, 1.165) is 6.42 Å². The van der Waals surface area contributed by atoms with Crippen LogP contribution in [0.5, 0.6) is 5.75 Å². The second-order valence-corrected chi connectivity index (χ2v) is 4.46. The van der Waals surface area contributed by atoms with Gasteiger partial charge in [0, 0.05) is 11.8 Å². The van der Waals surface area contributed by atoms with Gasteiger partial charge in [-0.15, -0.1) is 10.2 Å². The number of benzene rings is 1. The minimum Gasteiger partial charge on any atom is -0.494 e. The van der Waals surface area contributed by atoms with Gasteiger partial charge in [0.25, 0.3) is 5.91 Å². The van der Waals surface area contributed by atoms with Gasteiger partial charge in [-0.2, -0.15) is 0 Å². The van der Waals surface area contributed by atoms with Crippen LogP contribution in [0.15, 0.2) is 36.4 Å². The third-order valence-corrected chi connectivity index (χ3v) is 2.63. The van der Waals surface area contributed by atoms with E-state index >= 15 is 0 Å². The zero-order valence-electron chi connectivity index (χ0n) is 11.0. The Kier molecular flexibility index (Phi) is 4.90. The monoisotopic (exact) mass is 291 g/mol. The number of hydrogen-bond acceptors (Lipinski definition) is 4. The zero-order chi connectivity index (χ0) is 14.4. The van der Waals surface area contributed by atoms with Crippen LogP contribution < -0.4 is 10.1 Å². The largest absolute Gasteiger partial charge is 0.494 e. The highest BCUT2D eigenvalue weighted by Gasteiger charge is 2.08. The first-order chi connectivity index (χ1) is 9.69. The van der Waals surface area contributed by atoms with Crippen molar-refractivity contribution in [3.63, 3.8) is 0 Å². The summed E-state index contributed by atoms with van der Waals surface area (Å²) in [5.74, 6) is 0.369.